The van der Waals surface area contributed by atoms with E-state index in [2.05, 4.69) is 47.4 Å². The lowest BCUT2D eigenvalue weighted by Crippen LogP contribution is -2.68. The van der Waals surface area contributed by atoms with E-state index in [9.17, 15) is 4.79 Å². The number of pyridine rings is 1. The van der Waals surface area contributed by atoms with Crippen LogP contribution in [0.3, 0.4) is 0 Å². The molecule has 13 heteroatoms. The number of nitrogen functional groups attached to an aromatic ring is 1. The number of ether oxygens (including phenoxy) is 2. The molecule has 1 saturated heterocycles. The lowest BCUT2D eigenvalue weighted by atomic mass is 9.50. The molecule has 0 aromatic carbocycles. The number of nitrogens with two attached hydrogens (primary N) is 1. The second kappa shape index (κ2) is 10.1. The second-order valence-corrected chi connectivity index (χ2v) is 12.4. The van der Waals surface area contributed by atoms with Crippen molar-refractivity contribution >= 4 is 17.7 Å². The summed E-state index contributed by atoms with van der Waals surface area (Å²) in [4.78, 5) is 33.1. The van der Waals surface area contributed by atoms with Crippen LogP contribution >= 0.6 is 0 Å². The number of piperidine rings is 1. The van der Waals surface area contributed by atoms with Gasteiger partial charge in [0.1, 0.15) is 5.69 Å². The summed E-state index contributed by atoms with van der Waals surface area (Å²) < 4.78 is 13.7. The Morgan fingerprint density at radius 3 is 2.59 bits per heavy atom. The molecule has 1 aliphatic heterocycles. The van der Waals surface area contributed by atoms with E-state index in [4.69, 9.17) is 15.2 Å². The Kier molecular flexibility index (Phi) is 6.39. The fourth-order valence-electron chi connectivity index (χ4n) is 6.09. The van der Waals surface area contributed by atoms with Crippen LogP contribution in [0.4, 0.5) is 11.8 Å². The molecule has 216 valence electrons. The number of aryl methyl sites for hydroxylation is 1. The van der Waals surface area contributed by atoms with Gasteiger partial charge in [0.2, 0.25) is 11.8 Å². The second-order valence-electron chi connectivity index (χ2n) is 12.4. The summed E-state index contributed by atoms with van der Waals surface area (Å²) in [6.07, 6.45) is 9.57. The number of hydrogen-bond acceptors (Lipinski definition) is 11. The van der Waals surface area contributed by atoms with Gasteiger partial charge in [0, 0.05) is 37.4 Å². The van der Waals surface area contributed by atoms with E-state index in [0.29, 0.717) is 54.2 Å². The van der Waals surface area contributed by atoms with Gasteiger partial charge in [-0.15, -0.1) is 5.10 Å². The fraction of sp³-hybridized carbons (Fsp3) is 0.607. The van der Waals surface area contributed by atoms with Crippen molar-refractivity contribution in [2.75, 3.05) is 36.9 Å². The largest absolute Gasteiger partial charge is 0.489 e. The van der Waals surface area contributed by atoms with Gasteiger partial charge in [0.25, 0.3) is 5.91 Å². The molecule has 0 radical (unpaired) electrons. The Balaban J connectivity index is 0.989. The van der Waals surface area contributed by atoms with Gasteiger partial charge in [-0.1, -0.05) is 12.1 Å². The molecule has 0 spiro atoms. The monoisotopic (exact) mass is 560 g/mol. The van der Waals surface area contributed by atoms with Gasteiger partial charge in [-0.2, -0.15) is 15.0 Å². The Morgan fingerprint density at radius 2 is 1.93 bits per heavy atom. The van der Waals surface area contributed by atoms with Crippen molar-refractivity contribution < 1.29 is 14.3 Å². The molecule has 4 heterocycles. The SMILES string of the molecule is C[C@@H]1C[C@@H]1COc1nc(C(=O)NC23CC(C2)C3)nc(N2CCC(COc3cc(-c4cn(C)nn4)cnc3N)CC2)n1. The molecule has 5 fully saturated rings. The predicted molar refractivity (Wildman–Crippen MR) is 149 cm³/mol. The van der Waals surface area contributed by atoms with Gasteiger partial charge < -0.3 is 25.4 Å². The smallest absolute Gasteiger partial charge is 0.321 e. The van der Waals surface area contributed by atoms with Gasteiger partial charge >= 0.3 is 6.01 Å². The third-order valence-corrected chi connectivity index (χ3v) is 9.08. The predicted octanol–water partition coefficient (Wildman–Crippen LogP) is 2.26. The third-order valence-electron chi connectivity index (χ3n) is 9.08. The lowest BCUT2D eigenvalue weighted by molar-refractivity contribution is -0.0441. The minimum absolute atomic E-state index is 0.0513. The lowest BCUT2D eigenvalue weighted by Gasteiger charge is -2.61. The van der Waals surface area contributed by atoms with Crippen LogP contribution in [0.5, 0.6) is 11.8 Å². The van der Waals surface area contributed by atoms with Crippen LogP contribution in [0.2, 0.25) is 0 Å². The maximum atomic E-state index is 13.1. The number of carbonyl (C=O) groups is 1. The van der Waals surface area contributed by atoms with E-state index in [0.717, 1.165) is 63.1 Å². The van der Waals surface area contributed by atoms with E-state index in [-0.39, 0.29) is 23.3 Å². The number of rotatable bonds is 10. The molecule has 2 bridgehead atoms. The highest BCUT2D eigenvalue weighted by molar-refractivity contribution is 5.91. The summed E-state index contributed by atoms with van der Waals surface area (Å²) in [5.74, 6) is 3.54. The summed E-state index contributed by atoms with van der Waals surface area (Å²) >= 11 is 0. The average molecular weight is 561 g/mol. The van der Waals surface area contributed by atoms with Crippen LogP contribution < -0.4 is 25.4 Å². The number of nitrogens with zero attached hydrogens (tertiary/aromatic N) is 8. The van der Waals surface area contributed by atoms with Gasteiger partial charge in [-0.05, 0) is 68.3 Å². The standard InChI is InChI=1S/C28H36N10O3/c1-16-7-20(16)15-41-27-32-24(25(39)34-28-9-18(10-28)11-28)31-26(33-27)38-5-3-17(4-6-38)14-40-22-8-19(12-30-23(22)29)21-13-37(2)36-35-21/h8,12-13,16-18,20H,3-7,9-11,14-15H2,1-2H3,(H2,29,30)(H,34,39)/t16-,18?,20-,28?/m1/s1. The molecule has 2 atom stereocenters. The highest BCUT2D eigenvalue weighted by atomic mass is 16.5. The quantitative estimate of drug-likeness (QED) is 0.374. The summed E-state index contributed by atoms with van der Waals surface area (Å²) in [5.41, 5.74) is 7.56. The molecule has 13 nitrogen and oxygen atoms in total. The molecule has 41 heavy (non-hydrogen) atoms. The first-order valence-corrected chi connectivity index (χ1v) is 14.5. The van der Waals surface area contributed by atoms with E-state index in [1.54, 1.807) is 10.9 Å². The van der Waals surface area contributed by atoms with E-state index >= 15 is 0 Å². The minimum Gasteiger partial charge on any atom is -0.489 e. The zero-order chi connectivity index (χ0) is 28.1. The first-order valence-electron chi connectivity index (χ1n) is 14.5. The van der Waals surface area contributed by atoms with Crippen molar-refractivity contribution in [1.82, 2.24) is 40.2 Å². The summed E-state index contributed by atoms with van der Waals surface area (Å²) in [7, 11) is 1.82. The van der Waals surface area contributed by atoms with Crippen LogP contribution in [0.15, 0.2) is 18.5 Å². The number of amides is 1. The van der Waals surface area contributed by atoms with Crippen LogP contribution in [0.25, 0.3) is 11.3 Å². The Bertz CT molecular complexity index is 1440. The molecule has 1 amide bonds. The van der Waals surface area contributed by atoms with E-state index in [1.165, 1.54) is 0 Å². The highest BCUT2D eigenvalue weighted by Crippen LogP contribution is 2.57. The Morgan fingerprint density at radius 1 is 1.15 bits per heavy atom. The van der Waals surface area contributed by atoms with E-state index < -0.39 is 0 Å². The summed E-state index contributed by atoms with van der Waals surface area (Å²) in [5, 5.41) is 11.3. The minimum atomic E-state index is -0.241. The molecule has 3 aromatic rings. The number of aromatic nitrogens is 7. The van der Waals surface area contributed by atoms with Gasteiger partial charge in [-0.25, -0.2) is 4.98 Å². The molecule has 8 rings (SSSR count). The number of nitrogens with one attached hydrogen (secondary N) is 1. The number of anilines is 2. The molecule has 4 saturated carbocycles. The maximum absolute atomic E-state index is 13.1. The molecule has 5 aliphatic rings. The fourth-order valence-corrected chi connectivity index (χ4v) is 6.09. The first kappa shape index (κ1) is 25.9. The molecule has 0 unspecified atom stereocenters. The Hall–Kier alpha value is -4.03. The van der Waals surface area contributed by atoms with Crippen molar-refractivity contribution in [1.29, 1.82) is 0 Å². The van der Waals surface area contributed by atoms with Crippen LogP contribution in [-0.4, -0.2) is 72.7 Å². The average Bonchev–Trinajstić information content (AvgIpc) is 3.47. The number of hydrogen-bond donors (Lipinski definition) is 2. The van der Waals surface area contributed by atoms with Crippen molar-refractivity contribution in [2.24, 2.45) is 30.7 Å². The summed E-state index contributed by atoms with van der Waals surface area (Å²) in [6.45, 7) is 4.76. The number of carbonyl (C=O) groups excluding carboxylic acids is 1. The van der Waals surface area contributed by atoms with Crippen molar-refractivity contribution in [3.63, 3.8) is 0 Å². The molecular formula is C28H36N10O3. The van der Waals surface area contributed by atoms with Crippen LogP contribution in [0, 0.1) is 23.7 Å². The highest BCUT2D eigenvalue weighted by Gasteiger charge is 2.57. The van der Waals surface area contributed by atoms with Crippen molar-refractivity contribution in [3.05, 3.63) is 24.3 Å². The third kappa shape index (κ3) is 5.36. The maximum Gasteiger partial charge on any atom is 0.321 e. The molecule has 3 aromatic heterocycles. The van der Waals surface area contributed by atoms with Gasteiger partial charge in [-0.3, -0.25) is 9.48 Å². The van der Waals surface area contributed by atoms with Crippen LogP contribution in [0.1, 0.15) is 56.1 Å². The zero-order valence-electron chi connectivity index (χ0n) is 23.5. The van der Waals surface area contributed by atoms with Crippen molar-refractivity contribution in [3.8, 4) is 23.0 Å². The van der Waals surface area contributed by atoms with Crippen LogP contribution in [-0.2, 0) is 7.05 Å². The zero-order valence-corrected chi connectivity index (χ0v) is 23.5. The topological polar surface area (TPSA) is 159 Å². The van der Waals surface area contributed by atoms with E-state index in [1.807, 2.05) is 19.3 Å². The Labute approximate surface area is 238 Å². The van der Waals surface area contributed by atoms with Gasteiger partial charge in [0.05, 0.1) is 19.4 Å². The van der Waals surface area contributed by atoms with Gasteiger partial charge in [0.15, 0.2) is 11.6 Å². The first-order chi connectivity index (χ1) is 19.8. The molecule has 3 N–H and O–H groups in total. The normalized spacial score (nSPS) is 26.6. The molecular weight excluding hydrogens is 524 g/mol. The van der Waals surface area contributed by atoms with Crippen molar-refractivity contribution in [2.45, 2.75) is 51.0 Å². The molecule has 4 aliphatic carbocycles. The summed E-state index contributed by atoms with van der Waals surface area (Å²) in [6, 6.07) is 2.09.